The molecule has 0 bridgehead atoms. The summed E-state index contributed by atoms with van der Waals surface area (Å²) in [5.74, 6) is 0. The number of hydrogen-bond acceptors (Lipinski definition) is 6. The average Bonchev–Trinajstić information content (AvgIpc) is 4.12. The maximum absolute atomic E-state index is 15.0. The van der Waals surface area contributed by atoms with E-state index < -0.39 is 11.7 Å². The van der Waals surface area contributed by atoms with E-state index in [0.717, 1.165) is 83.7 Å². The van der Waals surface area contributed by atoms with Crippen molar-refractivity contribution >= 4 is 54.8 Å². The zero-order valence-corrected chi connectivity index (χ0v) is 41.3. The SMILES string of the molecule is N#CC1=CC=C(c2ccc3c(c2)c2cc(-c4ccc(C#N)cc4)ccc2n3-c2cc(-c3cc(C#N)cc(C(F)(F)F)c3)c(-n3c4ccc(C5=CC=C(C#N)CC5)cc4c4cc(-c5ccc(C#N)cc5)ccc43)cc2C#N)CC1. The van der Waals surface area contributed by atoms with Gasteiger partial charge in [-0.25, -0.2) is 0 Å². The summed E-state index contributed by atoms with van der Waals surface area (Å²) in [6.45, 7) is 0. The molecule has 0 N–H and O–H groups in total. The average molecular weight is 1010 g/mol. The molecule has 11 heteroatoms. The van der Waals surface area contributed by atoms with Gasteiger partial charge in [-0.3, -0.25) is 0 Å². The van der Waals surface area contributed by atoms with E-state index in [1.54, 1.807) is 36.4 Å². The minimum absolute atomic E-state index is 0.107. The number of rotatable bonds is 7. The zero-order chi connectivity index (χ0) is 53.8. The Bertz CT molecular complexity index is 4650. The van der Waals surface area contributed by atoms with Gasteiger partial charge in [-0.1, -0.05) is 60.7 Å². The van der Waals surface area contributed by atoms with Gasteiger partial charge in [-0.15, -0.1) is 0 Å². The number of aromatic nitrogens is 2. The van der Waals surface area contributed by atoms with E-state index in [4.69, 9.17) is 0 Å². The largest absolute Gasteiger partial charge is 0.416 e. The molecule has 8 aromatic carbocycles. The van der Waals surface area contributed by atoms with Crippen LogP contribution in [-0.2, 0) is 6.18 Å². The third kappa shape index (κ3) is 8.32. The number of halogens is 3. The van der Waals surface area contributed by atoms with E-state index in [1.165, 1.54) is 6.07 Å². The van der Waals surface area contributed by atoms with Gasteiger partial charge >= 0.3 is 6.18 Å². The highest BCUT2D eigenvalue weighted by Crippen LogP contribution is 2.45. The highest BCUT2D eigenvalue weighted by atomic mass is 19.4. The number of fused-ring (bicyclic) bond motifs is 6. The quantitative estimate of drug-likeness (QED) is 0.155. The Morgan fingerprint density at radius 2 is 0.769 bits per heavy atom. The fourth-order valence-electron chi connectivity index (χ4n) is 11.0. The van der Waals surface area contributed by atoms with E-state index in [2.05, 4.69) is 54.6 Å². The van der Waals surface area contributed by atoms with E-state index in [1.807, 2.05) is 112 Å². The molecule has 0 aliphatic heterocycles. The molecule has 0 saturated heterocycles. The molecule has 2 aliphatic rings. The van der Waals surface area contributed by atoms with Gasteiger partial charge in [0.1, 0.15) is 6.07 Å². The second kappa shape index (κ2) is 19.1. The topological polar surface area (TPSA) is 153 Å². The lowest BCUT2D eigenvalue weighted by Crippen LogP contribution is -2.07. The van der Waals surface area contributed by atoms with Crippen LogP contribution in [0.15, 0.2) is 187 Å². The molecule has 0 radical (unpaired) electrons. The highest BCUT2D eigenvalue weighted by molar-refractivity contribution is 6.13. The first-order chi connectivity index (χ1) is 38.0. The first-order valence-electron chi connectivity index (χ1n) is 25.0. The summed E-state index contributed by atoms with van der Waals surface area (Å²) in [5.41, 5.74) is 12.9. The van der Waals surface area contributed by atoms with Crippen molar-refractivity contribution in [3.63, 3.8) is 0 Å². The second-order valence-corrected chi connectivity index (χ2v) is 19.4. The van der Waals surface area contributed by atoms with Crippen LogP contribution in [0.1, 0.15) is 64.6 Å². The van der Waals surface area contributed by atoms with Gasteiger partial charge in [-0.05, 0) is 191 Å². The van der Waals surface area contributed by atoms with Crippen molar-refractivity contribution in [3.8, 4) is 81.2 Å². The number of alkyl halides is 3. The number of hydrogen-bond donors (Lipinski definition) is 0. The molecule has 0 fully saturated rings. The maximum Gasteiger partial charge on any atom is 0.416 e. The molecule has 0 amide bonds. The molecule has 2 aliphatic carbocycles. The first-order valence-corrected chi connectivity index (χ1v) is 25.0. The smallest absolute Gasteiger partial charge is 0.309 e. The fourth-order valence-corrected chi connectivity index (χ4v) is 11.0. The molecular formula is C67H37F3N8. The van der Waals surface area contributed by atoms with Gasteiger partial charge < -0.3 is 9.13 Å². The molecule has 366 valence electrons. The summed E-state index contributed by atoms with van der Waals surface area (Å²) in [7, 11) is 0. The summed E-state index contributed by atoms with van der Waals surface area (Å²) in [6, 6.07) is 58.8. The summed E-state index contributed by atoms with van der Waals surface area (Å²) in [5, 5.41) is 63.4. The lowest BCUT2D eigenvalue weighted by molar-refractivity contribution is -0.137. The van der Waals surface area contributed by atoms with Crippen molar-refractivity contribution in [1.82, 2.24) is 9.13 Å². The van der Waals surface area contributed by atoms with Crippen molar-refractivity contribution in [2.24, 2.45) is 0 Å². The molecule has 0 spiro atoms. The second-order valence-electron chi connectivity index (χ2n) is 19.4. The van der Waals surface area contributed by atoms with Crippen LogP contribution in [0.25, 0.3) is 99.5 Å². The summed E-state index contributed by atoms with van der Waals surface area (Å²) in [6.07, 6.45) is 5.27. The minimum atomic E-state index is -4.81. The molecule has 2 aromatic heterocycles. The Morgan fingerprint density at radius 1 is 0.346 bits per heavy atom. The molecule has 78 heavy (non-hydrogen) atoms. The standard InChI is InChI=1S/C67H37F3N8/c68-67(69,70)55-26-44(38-75)25-53(27-55)56-33-65(77-61-21-17-49(45-9-1-40(34-71)2-10-45)28-57(61)58-29-50(18-22-62(58)77)46-11-3-41(35-72)4-12-46)54(39-76)32-66(56)78-63-23-19-51(47-13-5-42(36-73)6-14-47)30-59(63)60-31-52(20-24-64(60)78)48-15-7-43(37-74)8-16-48/h1-3,5-7,9-11,13-15,17-33H,4,8,12,16H2. The van der Waals surface area contributed by atoms with Gasteiger partial charge in [0.15, 0.2) is 0 Å². The van der Waals surface area contributed by atoms with Crippen LogP contribution in [0.2, 0.25) is 0 Å². The molecule has 10 aromatic rings. The van der Waals surface area contributed by atoms with E-state index in [0.29, 0.717) is 81.4 Å². The van der Waals surface area contributed by atoms with E-state index in [-0.39, 0.29) is 16.7 Å². The number of allylic oxidation sites excluding steroid dienone is 8. The van der Waals surface area contributed by atoms with Gasteiger partial charge in [0.25, 0.3) is 0 Å². The van der Waals surface area contributed by atoms with Crippen molar-refractivity contribution in [3.05, 3.63) is 226 Å². The lowest BCUT2D eigenvalue weighted by Gasteiger charge is -2.20. The Morgan fingerprint density at radius 3 is 1.17 bits per heavy atom. The van der Waals surface area contributed by atoms with Crippen LogP contribution >= 0.6 is 0 Å². The van der Waals surface area contributed by atoms with Crippen molar-refractivity contribution in [1.29, 1.82) is 31.6 Å². The van der Waals surface area contributed by atoms with E-state index in [9.17, 15) is 44.7 Å². The third-order valence-electron chi connectivity index (χ3n) is 15.0. The minimum Gasteiger partial charge on any atom is -0.309 e. The predicted octanol–water partition coefficient (Wildman–Crippen LogP) is 16.6. The number of nitrogens with zero attached hydrogens (tertiary/aromatic N) is 8. The summed E-state index contributed by atoms with van der Waals surface area (Å²) >= 11 is 0. The van der Waals surface area contributed by atoms with Crippen molar-refractivity contribution in [2.75, 3.05) is 0 Å². The third-order valence-corrected chi connectivity index (χ3v) is 15.0. The number of benzene rings is 8. The normalized spacial score (nSPS) is 13.3. The molecule has 2 heterocycles. The van der Waals surface area contributed by atoms with Crippen LogP contribution in [0.3, 0.4) is 0 Å². The van der Waals surface area contributed by atoms with Crippen molar-refractivity contribution in [2.45, 2.75) is 31.9 Å². The monoisotopic (exact) mass is 1010 g/mol. The maximum atomic E-state index is 15.0. The summed E-state index contributed by atoms with van der Waals surface area (Å²) in [4.78, 5) is 0. The lowest BCUT2D eigenvalue weighted by atomic mass is 9.92. The van der Waals surface area contributed by atoms with Gasteiger partial charge in [0, 0.05) is 38.3 Å². The van der Waals surface area contributed by atoms with E-state index >= 15 is 0 Å². The van der Waals surface area contributed by atoms with Crippen LogP contribution in [0.4, 0.5) is 13.2 Å². The van der Waals surface area contributed by atoms with Crippen LogP contribution < -0.4 is 0 Å². The van der Waals surface area contributed by atoms with Crippen LogP contribution in [-0.4, -0.2) is 9.13 Å². The highest BCUT2D eigenvalue weighted by Gasteiger charge is 2.32. The Hall–Kier alpha value is -11.0. The van der Waals surface area contributed by atoms with Crippen molar-refractivity contribution < 1.29 is 13.2 Å². The molecule has 0 atom stereocenters. The predicted molar refractivity (Wildman–Crippen MR) is 297 cm³/mol. The zero-order valence-electron chi connectivity index (χ0n) is 41.3. The Labute approximate surface area is 445 Å². The fraction of sp³-hybridized carbons (Fsp3) is 0.0746. The Kier molecular flexibility index (Phi) is 11.7. The van der Waals surface area contributed by atoms with Gasteiger partial charge in [-0.2, -0.15) is 44.7 Å². The molecule has 0 saturated carbocycles. The Balaban J connectivity index is 1.16. The van der Waals surface area contributed by atoms with Crippen LogP contribution in [0, 0.1) is 68.0 Å². The first kappa shape index (κ1) is 48.0. The van der Waals surface area contributed by atoms with Crippen LogP contribution in [0.5, 0.6) is 0 Å². The molecule has 12 rings (SSSR count). The van der Waals surface area contributed by atoms with Gasteiger partial charge in [0.2, 0.25) is 0 Å². The molecule has 8 nitrogen and oxygen atoms in total. The molecule has 0 unspecified atom stereocenters. The van der Waals surface area contributed by atoms with Gasteiger partial charge in [0.05, 0.1) is 91.6 Å². The molecular weight excluding hydrogens is 974 g/mol. The summed E-state index contributed by atoms with van der Waals surface area (Å²) < 4.78 is 48.9. The number of nitriles is 6.